The molecule has 45 heavy (non-hydrogen) atoms. The van der Waals surface area contributed by atoms with Crippen molar-refractivity contribution in [3.8, 4) is 17.2 Å². The van der Waals surface area contributed by atoms with Crippen LogP contribution in [0.15, 0.2) is 127 Å². The lowest BCUT2D eigenvalue weighted by molar-refractivity contribution is 0.514. The number of benzene rings is 6. The Hall–Kier alpha value is -5.00. The molecule has 2 heteroatoms. The van der Waals surface area contributed by atoms with E-state index in [9.17, 15) is 4.39 Å². The first kappa shape index (κ1) is 28.8. The number of halogens is 1. The Morgan fingerprint density at radius 3 is 2.22 bits per heavy atom. The van der Waals surface area contributed by atoms with Crippen LogP contribution in [0, 0.1) is 23.1 Å². The smallest absolute Gasteiger partial charge is 0.141 e. The van der Waals surface area contributed by atoms with Crippen molar-refractivity contribution < 1.29 is 4.39 Å². The number of allylic oxidation sites excluding steroid dienone is 4. The molecule has 0 N–H and O–H groups in total. The van der Waals surface area contributed by atoms with E-state index in [-0.39, 0.29) is 5.56 Å². The highest BCUT2D eigenvalue weighted by atomic mass is 19.1. The van der Waals surface area contributed by atoms with Crippen LogP contribution in [0.5, 0.6) is 0 Å². The first-order chi connectivity index (χ1) is 22.1. The van der Waals surface area contributed by atoms with Crippen molar-refractivity contribution >= 4 is 37.9 Å². The van der Waals surface area contributed by atoms with Gasteiger partial charge in [-0.15, -0.1) is 0 Å². The van der Waals surface area contributed by atoms with Crippen LogP contribution in [0.1, 0.15) is 55.7 Å². The molecular formula is C43H36FN. The highest BCUT2D eigenvalue weighted by Gasteiger charge is 2.26. The minimum Gasteiger partial charge on any atom is -0.206 e. The Morgan fingerprint density at radius 1 is 0.733 bits per heavy atom. The minimum atomic E-state index is -0.483. The van der Waals surface area contributed by atoms with Crippen molar-refractivity contribution in [3.05, 3.63) is 149 Å². The molecular weight excluding hydrogens is 549 g/mol. The molecule has 1 unspecified atom stereocenters. The van der Waals surface area contributed by atoms with Crippen molar-refractivity contribution in [3.63, 3.8) is 0 Å². The second kappa shape index (κ2) is 12.5. The second-order valence-corrected chi connectivity index (χ2v) is 12.3. The molecule has 0 aromatic heterocycles. The molecule has 0 heterocycles. The fourth-order valence-corrected chi connectivity index (χ4v) is 7.26. The third kappa shape index (κ3) is 5.56. The standard InChI is InChI=1S/C22H24.C21H12FN/c1-2-3-7-16-9-6-11-20-19(16)14-15-21-18-10-5-4-8-17(18)12-13-22(20)21;22-21-12-16(6-8-18(21)13-23)15-9-10-20-17(11-15)7-5-14-3-1-2-4-19(14)20/h4-6,8,10-13,16H,2-3,7,9,14-15H2,1H3;1-12H. The van der Waals surface area contributed by atoms with Gasteiger partial charge in [0.2, 0.25) is 0 Å². The predicted octanol–water partition coefficient (Wildman–Crippen LogP) is 12.0. The fourth-order valence-electron chi connectivity index (χ4n) is 7.26. The Morgan fingerprint density at radius 2 is 1.42 bits per heavy atom. The normalized spacial score (nSPS) is 15.4. The van der Waals surface area contributed by atoms with E-state index in [0.29, 0.717) is 0 Å². The molecule has 0 bridgehead atoms. The first-order valence-corrected chi connectivity index (χ1v) is 16.2. The number of nitriles is 1. The van der Waals surface area contributed by atoms with Gasteiger partial charge in [0.15, 0.2) is 0 Å². The lowest BCUT2D eigenvalue weighted by Gasteiger charge is -2.31. The number of aryl methyl sites for hydroxylation is 1. The quantitative estimate of drug-likeness (QED) is 0.189. The Balaban J connectivity index is 0.000000145. The van der Waals surface area contributed by atoms with E-state index in [1.807, 2.05) is 24.3 Å². The molecule has 0 spiro atoms. The average Bonchev–Trinajstić information content (AvgIpc) is 3.10. The summed E-state index contributed by atoms with van der Waals surface area (Å²) in [5.74, 6) is 0.308. The van der Waals surface area contributed by atoms with Crippen LogP contribution in [0.2, 0.25) is 0 Å². The van der Waals surface area contributed by atoms with E-state index < -0.39 is 5.82 Å². The van der Waals surface area contributed by atoms with Gasteiger partial charge in [0, 0.05) is 0 Å². The Labute approximate surface area is 265 Å². The highest BCUT2D eigenvalue weighted by Crippen LogP contribution is 2.43. The minimum absolute atomic E-state index is 0.0699. The van der Waals surface area contributed by atoms with Crippen LogP contribution in [0.3, 0.4) is 0 Å². The van der Waals surface area contributed by atoms with E-state index in [4.69, 9.17) is 5.26 Å². The van der Waals surface area contributed by atoms with Gasteiger partial charge in [-0.25, -0.2) is 4.39 Å². The van der Waals surface area contributed by atoms with Crippen LogP contribution < -0.4 is 0 Å². The molecule has 0 saturated heterocycles. The summed E-state index contributed by atoms with van der Waals surface area (Å²) in [7, 11) is 0. The van der Waals surface area contributed by atoms with Crippen molar-refractivity contribution in [1.82, 2.24) is 0 Å². The summed E-state index contributed by atoms with van der Waals surface area (Å²) < 4.78 is 13.8. The summed E-state index contributed by atoms with van der Waals surface area (Å²) in [6.45, 7) is 2.30. The van der Waals surface area contributed by atoms with Crippen LogP contribution in [0.25, 0.3) is 49.0 Å². The molecule has 8 rings (SSSR count). The van der Waals surface area contributed by atoms with Gasteiger partial charge in [-0.2, -0.15) is 5.26 Å². The number of fused-ring (bicyclic) bond motifs is 7. The Kier molecular flexibility index (Phi) is 8.02. The number of hydrogen-bond donors (Lipinski definition) is 0. The lowest BCUT2D eigenvalue weighted by atomic mass is 9.74. The van der Waals surface area contributed by atoms with E-state index >= 15 is 0 Å². The summed E-state index contributed by atoms with van der Waals surface area (Å²) >= 11 is 0. The largest absolute Gasteiger partial charge is 0.206 e. The number of unbranched alkanes of at least 4 members (excludes halogenated alkanes) is 1. The summed E-state index contributed by atoms with van der Waals surface area (Å²) in [6, 6.07) is 38.7. The zero-order valence-corrected chi connectivity index (χ0v) is 25.7. The molecule has 2 aliphatic rings. The average molecular weight is 586 g/mol. The van der Waals surface area contributed by atoms with Crippen LogP contribution >= 0.6 is 0 Å². The van der Waals surface area contributed by atoms with Gasteiger partial charge in [-0.05, 0) is 110 Å². The van der Waals surface area contributed by atoms with Gasteiger partial charge in [0.05, 0.1) is 5.56 Å². The zero-order valence-electron chi connectivity index (χ0n) is 25.7. The van der Waals surface area contributed by atoms with Gasteiger partial charge >= 0.3 is 0 Å². The van der Waals surface area contributed by atoms with Crippen molar-refractivity contribution in [2.75, 3.05) is 0 Å². The lowest BCUT2D eigenvalue weighted by Crippen LogP contribution is -2.15. The zero-order chi connectivity index (χ0) is 30.8. The van der Waals surface area contributed by atoms with Crippen molar-refractivity contribution in [2.45, 2.75) is 45.4 Å². The SMILES string of the molecule is CCCCC1CC=CC2=C1CCc1c2ccc2ccccc12.N#Cc1ccc(-c2ccc3c(ccc4ccccc43)c2)cc1F. The molecule has 0 saturated carbocycles. The Bertz CT molecular complexity index is 2160. The maximum Gasteiger partial charge on any atom is 0.141 e. The maximum absolute atomic E-state index is 13.8. The van der Waals surface area contributed by atoms with E-state index in [1.165, 1.54) is 83.2 Å². The monoisotopic (exact) mass is 585 g/mol. The van der Waals surface area contributed by atoms with E-state index in [0.717, 1.165) is 22.4 Å². The van der Waals surface area contributed by atoms with Gasteiger partial charge in [0.1, 0.15) is 11.9 Å². The van der Waals surface area contributed by atoms with Crippen LogP contribution in [-0.2, 0) is 6.42 Å². The van der Waals surface area contributed by atoms with Gasteiger partial charge in [0.25, 0.3) is 0 Å². The topological polar surface area (TPSA) is 23.8 Å². The molecule has 0 radical (unpaired) electrons. The molecule has 2 aliphatic carbocycles. The number of hydrogen-bond acceptors (Lipinski definition) is 1. The van der Waals surface area contributed by atoms with Crippen molar-refractivity contribution in [1.29, 1.82) is 5.26 Å². The molecule has 6 aromatic carbocycles. The third-order valence-corrected chi connectivity index (χ3v) is 9.59. The van der Waals surface area contributed by atoms with Crippen LogP contribution in [0.4, 0.5) is 4.39 Å². The van der Waals surface area contributed by atoms with E-state index in [2.05, 4.69) is 91.9 Å². The summed E-state index contributed by atoms with van der Waals surface area (Å²) in [5.41, 5.74) is 8.13. The molecule has 0 amide bonds. The molecule has 220 valence electrons. The van der Waals surface area contributed by atoms with Crippen molar-refractivity contribution in [2.24, 2.45) is 5.92 Å². The molecule has 6 aromatic rings. The van der Waals surface area contributed by atoms with Gasteiger partial charge in [-0.3, -0.25) is 0 Å². The molecule has 1 atom stereocenters. The van der Waals surface area contributed by atoms with E-state index in [1.54, 1.807) is 22.8 Å². The predicted molar refractivity (Wildman–Crippen MR) is 188 cm³/mol. The molecule has 1 nitrogen and oxygen atoms in total. The van der Waals surface area contributed by atoms with Gasteiger partial charge < -0.3 is 0 Å². The molecule has 0 aliphatic heterocycles. The second-order valence-electron chi connectivity index (χ2n) is 12.3. The number of rotatable bonds is 4. The van der Waals surface area contributed by atoms with Gasteiger partial charge in [-0.1, -0.05) is 128 Å². The number of nitrogens with zero attached hydrogens (tertiary/aromatic N) is 1. The summed E-state index contributed by atoms with van der Waals surface area (Å²) in [5, 5.41) is 16.4. The molecule has 0 fully saturated rings. The first-order valence-electron chi connectivity index (χ1n) is 16.2. The fraction of sp³-hybridized carbons (Fsp3) is 0.186. The highest BCUT2D eigenvalue weighted by molar-refractivity contribution is 6.08. The summed E-state index contributed by atoms with van der Waals surface area (Å²) in [6.07, 6.45) is 12.6. The maximum atomic E-state index is 13.8. The summed E-state index contributed by atoms with van der Waals surface area (Å²) in [4.78, 5) is 0. The third-order valence-electron chi connectivity index (χ3n) is 9.59. The van der Waals surface area contributed by atoms with Crippen LogP contribution in [-0.4, -0.2) is 0 Å².